The van der Waals surface area contributed by atoms with Crippen molar-refractivity contribution in [2.45, 2.75) is 32.1 Å². The van der Waals surface area contributed by atoms with Crippen LogP contribution in [0.15, 0.2) is 151 Å². The molecule has 1 heterocycles. The number of hydrogen-bond acceptors (Lipinski definition) is 1. The molecular formula is C41H34N2. The van der Waals surface area contributed by atoms with Gasteiger partial charge in [0.1, 0.15) is 5.82 Å². The Morgan fingerprint density at radius 1 is 0.744 bits per heavy atom. The number of imidazole rings is 1. The van der Waals surface area contributed by atoms with E-state index in [0.717, 1.165) is 30.6 Å². The molecule has 1 aromatic heterocycles. The lowest BCUT2D eigenvalue weighted by Crippen LogP contribution is -2.23. The monoisotopic (exact) mass is 554 g/mol. The van der Waals surface area contributed by atoms with Gasteiger partial charge in [-0.25, -0.2) is 4.98 Å². The number of nitrogens with zero attached hydrogens (tertiary/aromatic N) is 2. The average molecular weight is 555 g/mol. The van der Waals surface area contributed by atoms with Crippen molar-refractivity contribution < 1.29 is 0 Å². The molecular weight excluding hydrogens is 520 g/mol. The van der Waals surface area contributed by atoms with Gasteiger partial charge in [-0.2, -0.15) is 0 Å². The molecule has 0 bridgehead atoms. The van der Waals surface area contributed by atoms with E-state index < -0.39 is 0 Å². The Hall–Kier alpha value is -4.95. The highest BCUT2D eigenvalue weighted by molar-refractivity contribution is 5.90. The predicted molar refractivity (Wildman–Crippen MR) is 180 cm³/mol. The molecule has 2 nitrogen and oxygen atoms in total. The van der Waals surface area contributed by atoms with E-state index in [0.29, 0.717) is 5.92 Å². The summed E-state index contributed by atoms with van der Waals surface area (Å²) in [5, 5.41) is 0. The third-order valence-electron chi connectivity index (χ3n) is 9.34. The Morgan fingerprint density at radius 2 is 1.51 bits per heavy atom. The van der Waals surface area contributed by atoms with Gasteiger partial charge in [-0.1, -0.05) is 128 Å². The fraction of sp³-hybridized carbons (Fsp3) is 0.146. The number of fused-ring (bicyclic) bond motifs is 3. The van der Waals surface area contributed by atoms with Gasteiger partial charge in [-0.05, 0) is 75.6 Å². The molecule has 5 aromatic rings. The van der Waals surface area contributed by atoms with E-state index >= 15 is 0 Å². The molecule has 0 spiro atoms. The first-order valence-electron chi connectivity index (χ1n) is 15.5. The summed E-state index contributed by atoms with van der Waals surface area (Å²) in [7, 11) is 0. The third kappa shape index (κ3) is 4.37. The van der Waals surface area contributed by atoms with Gasteiger partial charge in [0.15, 0.2) is 0 Å². The SMILES string of the molecule is CCc1nc2ccccc2n1C1=CC=C(C2=C3C=CC=CC3C(c3ccc(-c4ccccc4)cc3)c3ccccc32)CC1. The second-order valence-corrected chi connectivity index (χ2v) is 11.7. The van der Waals surface area contributed by atoms with Gasteiger partial charge in [0, 0.05) is 24.0 Å². The van der Waals surface area contributed by atoms with Crippen molar-refractivity contribution in [2.24, 2.45) is 5.92 Å². The maximum Gasteiger partial charge on any atom is 0.113 e. The number of rotatable bonds is 5. The second-order valence-electron chi connectivity index (χ2n) is 11.7. The molecule has 8 rings (SSSR count). The summed E-state index contributed by atoms with van der Waals surface area (Å²) in [5.74, 6) is 1.71. The van der Waals surface area contributed by atoms with Crippen LogP contribution in [0.2, 0.25) is 0 Å². The average Bonchev–Trinajstić information content (AvgIpc) is 3.47. The zero-order chi connectivity index (χ0) is 28.8. The third-order valence-corrected chi connectivity index (χ3v) is 9.34. The zero-order valence-electron chi connectivity index (χ0n) is 24.4. The van der Waals surface area contributed by atoms with Gasteiger partial charge >= 0.3 is 0 Å². The zero-order valence-corrected chi connectivity index (χ0v) is 24.4. The van der Waals surface area contributed by atoms with Crippen LogP contribution < -0.4 is 0 Å². The number of benzene rings is 4. The largest absolute Gasteiger partial charge is 0.300 e. The summed E-state index contributed by atoms with van der Waals surface area (Å²) >= 11 is 0. The van der Waals surface area contributed by atoms with Crippen molar-refractivity contribution in [3.05, 3.63) is 173 Å². The van der Waals surface area contributed by atoms with E-state index in [-0.39, 0.29) is 5.92 Å². The lowest BCUT2D eigenvalue weighted by molar-refractivity contribution is 0.647. The molecule has 0 aliphatic heterocycles. The van der Waals surface area contributed by atoms with Crippen LogP contribution in [-0.2, 0) is 6.42 Å². The van der Waals surface area contributed by atoms with Gasteiger partial charge in [-0.3, -0.25) is 0 Å². The minimum absolute atomic E-state index is 0.278. The topological polar surface area (TPSA) is 17.8 Å². The Bertz CT molecular complexity index is 1990. The summed E-state index contributed by atoms with van der Waals surface area (Å²) in [4.78, 5) is 4.93. The molecule has 2 unspecified atom stereocenters. The molecule has 4 aromatic carbocycles. The molecule has 3 aliphatic rings. The summed E-state index contributed by atoms with van der Waals surface area (Å²) in [6, 6.07) is 37.5. The summed E-state index contributed by atoms with van der Waals surface area (Å²) in [6.45, 7) is 2.20. The maximum atomic E-state index is 4.93. The van der Waals surface area contributed by atoms with Crippen LogP contribution in [0.25, 0.3) is 33.4 Å². The number of para-hydroxylation sites is 2. The van der Waals surface area contributed by atoms with Crippen LogP contribution in [0, 0.1) is 5.92 Å². The van der Waals surface area contributed by atoms with Gasteiger partial charge < -0.3 is 4.57 Å². The second kappa shape index (κ2) is 10.7. The molecule has 208 valence electrons. The van der Waals surface area contributed by atoms with E-state index in [4.69, 9.17) is 4.98 Å². The summed E-state index contributed by atoms with van der Waals surface area (Å²) in [5.41, 5.74) is 14.6. The molecule has 0 saturated heterocycles. The molecule has 43 heavy (non-hydrogen) atoms. The summed E-state index contributed by atoms with van der Waals surface area (Å²) in [6.07, 6.45) is 16.9. The minimum Gasteiger partial charge on any atom is -0.300 e. The van der Waals surface area contributed by atoms with E-state index in [9.17, 15) is 0 Å². The van der Waals surface area contributed by atoms with Crippen LogP contribution in [-0.4, -0.2) is 9.55 Å². The van der Waals surface area contributed by atoms with Crippen molar-refractivity contribution in [1.82, 2.24) is 9.55 Å². The molecule has 0 saturated carbocycles. The van der Waals surface area contributed by atoms with E-state index in [1.165, 1.54) is 55.8 Å². The number of aryl methyl sites for hydroxylation is 1. The standard InChI is InChI=1S/C41H34N2/c1-2-39-42-37-18-10-11-19-38(37)43(39)32-26-24-31(25-27-32)41-35-16-8-6-14-33(35)40(34-15-7-9-17-36(34)41)30-22-20-29(21-23-30)28-12-4-3-5-13-28/h3-24,26,33,40H,2,25,27H2,1H3. The Kier molecular flexibility index (Phi) is 6.41. The smallest absolute Gasteiger partial charge is 0.113 e. The Balaban J connectivity index is 1.22. The van der Waals surface area contributed by atoms with Gasteiger partial charge in [0.05, 0.1) is 11.0 Å². The number of allylic oxidation sites excluding steroid dienone is 10. The first kappa shape index (κ1) is 25.7. The van der Waals surface area contributed by atoms with Crippen molar-refractivity contribution in [3.63, 3.8) is 0 Å². The van der Waals surface area contributed by atoms with Crippen molar-refractivity contribution in [1.29, 1.82) is 0 Å². The molecule has 3 aliphatic carbocycles. The van der Waals surface area contributed by atoms with E-state index in [1.54, 1.807) is 0 Å². The van der Waals surface area contributed by atoms with E-state index in [2.05, 4.69) is 151 Å². The number of aromatic nitrogens is 2. The van der Waals surface area contributed by atoms with Crippen molar-refractivity contribution in [3.8, 4) is 11.1 Å². The Morgan fingerprint density at radius 3 is 2.33 bits per heavy atom. The highest BCUT2D eigenvalue weighted by Gasteiger charge is 2.36. The first-order valence-corrected chi connectivity index (χ1v) is 15.5. The predicted octanol–water partition coefficient (Wildman–Crippen LogP) is 10.2. The van der Waals surface area contributed by atoms with Crippen LogP contribution in [0.3, 0.4) is 0 Å². The lowest BCUT2D eigenvalue weighted by Gasteiger charge is -2.37. The summed E-state index contributed by atoms with van der Waals surface area (Å²) < 4.78 is 2.39. The highest BCUT2D eigenvalue weighted by Crippen LogP contribution is 2.51. The highest BCUT2D eigenvalue weighted by atomic mass is 15.1. The van der Waals surface area contributed by atoms with Gasteiger partial charge in [-0.15, -0.1) is 0 Å². The van der Waals surface area contributed by atoms with E-state index in [1.807, 2.05) is 0 Å². The van der Waals surface area contributed by atoms with Crippen LogP contribution in [0.1, 0.15) is 48.2 Å². The molecule has 0 amide bonds. The molecule has 0 fully saturated rings. The number of hydrogen-bond donors (Lipinski definition) is 0. The van der Waals surface area contributed by atoms with Crippen molar-refractivity contribution in [2.75, 3.05) is 0 Å². The van der Waals surface area contributed by atoms with Crippen LogP contribution in [0.5, 0.6) is 0 Å². The van der Waals surface area contributed by atoms with Gasteiger partial charge in [0.2, 0.25) is 0 Å². The maximum absolute atomic E-state index is 4.93. The molecule has 0 radical (unpaired) electrons. The van der Waals surface area contributed by atoms with Crippen LogP contribution >= 0.6 is 0 Å². The van der Waals surface area contributed by atoms with Gasteiger partial charge in [0.25, 0.3) is 0 Å². The fourth-order valence-electron chi connectivity index (χ4n) is 7.36. The molecule has 0 N–H and O–H groups in total. The quantitative estimate of drug-likeness (QED) is 0.211. The Labute approximate surface area is 253 Å². The minimum atomic E-state index is 0.278. The normalized spacial score (nSPS) is 19.2. The molecule has 2 atom stereocenters. The van der Waals surface area contributed by atoms with Crippen molar-refractivity contribution >= 4 is 22.3 Å². The molecule has 2 heteroatoms. The first-order chi connectivity index (χ1) is 21.3. The van der Waals surface area contributed by atoms with Crippen LogP contribution in [0.4, 0.5) is 0 Å². The fourth-order valence-corrected chi connectivity index (χ4v) is 7.36. The lowest BCUT2D eigenvalue weighted by atomic mass is 9.66.